The van der Waals surface area contributed by atoms with Crippen LogP contribution in [0.2, 0.25) is 0 Å². The molecular weight excluding hydrogens is 501 g/mol. The maximum Gasteiger partial charge on any atom is 0.255 e. The van der Waals surface area contributed by atoms with Crippen LogP contribution < -0.4 is 21.1 Å². The van der Waals surface area contributed by atoms with Gasteiger partial charge in [0.25, 0.3) is 5.91 Å². The van der Waals surface area contributed by atoms with Crippen LogP contribution in [0.1, 0.15) is 77.1 Å². The number of aliphatic hydroxyl groups is 1. The van der Waals surface area contributed by atoms with Gasteiger partial charge in [0, 0.05) is 38.4 Å². The van der Waals surface area contributed by atoms with Crippen LogP contribution in [0.4, 0.5) is 0 Å². The normalized spacial score (nSPS) is 13.8. The van der Waals surface area contributed by atoms with E-state index in [4.69, 9.17) is 15.2 Å². The lowest BCUT2D eigenvalue weighted by Gasteiger charge is -2.32. The van der Waals surface area contributed by atoms with Crippen molar-refractivity contribution in [3.63, 3.8) is 0 Å². The van der Waals surface area contributed by atoms with Crippen LogP contribution in [-0.4, -0.2) is 62.1 Å². The SMILES string of the molecule is CCC(C)(CC)NC[C@H](O)[C@@H](N)C[C@H](CNC(=O)c1ccccc1OCCCCOC)C(C)C.Cl.Cl. The molecule has 0 spiro atoms. The van der Waals surface area contributed by atoms with E-state index in [1.807, 2.05) is 18.2 Å². The van der Waals surface area contributed by atoms with E-state index in [0.29, 0.717) is 50.0 Å². The molecular formula is C27H51Cl2N3O4. The Bertz CT molecular complexity index is 705. The molecule has 0 aliphatic carbocycles. The summed E-state index contributed by atoms with van der Waals surface area (Å²) in [6, 6.07) is 6.95. The van der Waals surface area contributed by atoms with Crippen molar-refractivity contribution in [2.45, 2.75) is 84.4 Å². The summed E-state index contributed by atoms with van der Waals surface area (Å²) in [5.41, 5.74) is 6.90. The zero-order valence-corrected chi connectivity index (χ0v) is 24.7. The van der Waals surface area contributed by atoms with E-state index in [-0.39, 0.29) is 48.2 Å². The van der Waals surface area contributed by atoms with Gasteiger partial charge < -0.3 is 30.9 Å². The van der Waals surface area contributed by atoms with Crippen molar-refractivity contribution in [2.24, 2.45) is 17.6 Å². The lowest BCUT2D eigenvalue weighted by Crippen LogP contribution is -2.50. The molecule has 36 heavy (non-hydrogen) atoms. The van der Waals surface area contributed by atoms with Crippen LogP contribution in [0.5, 0.6) is 5.75 Å². The van der Waals surface area contributed by atoms with Crippen molar-refractivity contribution in [3.05, 3.63) is 29.8 Å². The molecule has 0 saturated carbocycles. The molecule has 0 bridgehead atoms. The van der Waals surface area contributed by atoms with Gasteiger partial charge >= 0.3 is 0 Å². The number of hydrogen-bond acceptors (Lipinski definition) is 6. The van der Waals surface area contributed by atoms with Crippen molar-refractivity contribution >= 4 is 30.7 Å². The Morgan fingerprint density at radius 3 is 2.28 bits per heavy atom. The van der Waals surface area contributed by atoms with Gasteiger partial charge in [0.05, 0.1) is 18.3 Å². The highest BCUT2D eigenvalue weighted by molar-refractivity contribution is 5.96. The summed E-state index contributed by atoms with van der Waals surface area (Å²) in [7, 11) is 1.68. The quantitative estimate of drug-likeness (QED) is 0.199. The summed E-state index contributed by atoms with van der Waals surface area (Å²) in [5.74, 6) is 0.900. The number of para-hydroxylation sites is 1. The van der Waals surface area contributed by atoms with E-state index in [1.165, 1.54) is 0 Å². The molecule has 0 heterocycles. The van der Waals surface area contributed by atoms with Crippen LogP contribution in [0, 0.1) is 11.8 Å². The molecule has 0 aliphatic heterocycles. The molecule has 0 aliphatic rings. The number of carbonyl (C=O) groups is 1. The molecule has 0 unspecified atom stereocenters. The smallest absolute Gasteiger partial charge is 0.255 e. The van der Waals surface area contributed by atoms with Crippen molar-refractivity contribution in [3.8, 4) is 5.75 Å². The highest BCUT2D eigenvalue weighted by Gasteiger charge is 2.26. The molecule has 0 aromatic heterocycles. The van der Waals surface area contributed by atoms with Crippen LogP contribution >= 0.6 is 24.8 Å². The van der Waals surface area contributed by atoms with Crippen LogP contribution in [0.15, 0.2) is 24.3 Å². The summed E-state index contributed by atoms with van der Waals surface area (Å²) in [4.78, 5) is 12.9. The van der Waals surface area contributed by atoms with Crippen LogP contribution in [0.25, 0.3) is 0 Å². The predicted molar refractivity (Wildman–Crippen MR) is 154 cm³/mol. The molecule has 1 aromatic rings. The fourth-order valence-electron chi connectivity index (χ4n) is 3.73. The number of ether oxygens (including phenoxy) is 2. The first-order chi connectivity index (χ1) is 16.2. The van der Waals surface area contributed by atoms with Crippen LogP contribution in [-0.2, 0) is 4.74 Å². The van der Waals surface area contributed by atoms with Crippen LogP contribution in [0.3, 0.4) is 0 Å². The number of nitrogens with one attached hydrogen (secondary N) is 2. The maximum absolute atomic E-state index is 12.9. The first-order valence-electron chi connectivity index (χ1n) is 12.8. The van der Waals surface area contributed by atoms with Gasteiger partial charge in [-0.2, -0.15) is 0 Å². The Morgan fingerprint density at radius 1 is 1.08 bits per heavy atom. The first kappa shape index (κ1) is 37.1. The number of carbonyl (C=O) groups excluding carboxylic acids is 1. The van der Waals surface area contributed by atoms with E-state index in [1.54, 1.807) is 13.2 Å². The zero-order valence-electron chi connectivity index (χ0n) is 23.0. The van der Waals surface area contributed by atoms with Crippen molar-refractivity contribution in [2.75, 3.05) is 33.4 Å². The number of halogens is 2. The van der Waals surface area contributed by atoms with Crippen molar-refractivity contribution in [1.29, 1.82) is 0 Å². The molecule has 212 valence electrons. The second-order valence-electron chi connectivity index (χ2n) is 9.87. The topological polar surface area (TPSA) is 106 Å². The average molecular weight is 553 g/mol. The molecule has 3 atom stereocenters. The largest absolute Gasteiger partial charge is 0.493 e. The number of benzene rings is 1. The Kier molecular flexibility index (Phi) is 20.5. The van der Waals surface area contributed by atoms with E-state index < -0.39 is 6.10 Å². The fraction of sp³-hybridized carbons (Fsp3) is 0.741. The number of β-amino-alcohol motifs (C(OH)–C–C–N with tert-alkyl or cyclic N) is 1. The average Bonchev–Trinajstić information content (AvgIpc) is 2.84. The van der Waals surface area contributed by atoms with Gasteiger partial charge in [-0.15, -0.1) is 24.8 Å². The number of aliphatic hydroxyl groups excluding tert-OH is 1. The number of unbranched alkanes of at least 4 members (excludes halogenated alkanes) is 1. The highest BCUT2D eigenvalue weighted by Crippen LogP contribution is 2.21. The van der Waals surface area contributed by atoms with E-state index in [9.17, 15) is 9.90 Å². The van der Waals surface area contributed by atoms with Gasteiger partial charge in [0.2, 0.25) is 0 Å². The minimum Gasteiger partial charge on any atom is -0.493 e. The molecule has 0 saturated heterocycles. The molecule has 5 N–H and O–H groups in total. The second-order valence-corrected chi connectivity index (χ2v) is 9.87. The number of methoxy groups -OCH3 is 1. The summed E-state index contributed by atoms with van der Waals surface area (Å²) in [6.07, 6.45) is 3.76. The van der Waals surface area contributed by atoms with E-state index >= 15 is 0 Å². The third-order valence-corrected chi connectivity index (χ3v) is 6.97. The second kappa shape index (κ2) is 19.9. The molecule has 7 nitrogen and oxygen atoms in total. The molecule has 0 fully saturated rings. The first-order valence-corrected chi connectivity index (χ1v) is 12.8. The predicted octanol–water partition coefficient (Wildman–Crippen LogP) is 4.58. The zero-order chi connectivity index (χ0) is 25.6. The van der Waals surface area contributed by atoms with Gasteiger partial charge in [-0.25, -0.2) is 0 Å². The number of nitrogens with two attached hydrogens (primary N) is 1. The monoisotopic (exact) mass is 551 g/mol. The maximum atomic E-state index is 12.9. The van der Waals surface area contributed by atoms with Gasteiger partial charge in [-0.3, -0.25) is 4.79 Å². The molecule has 1 amide bonds. The van der Waals surface area contributed by atoms with E-state index in [2.05, 4.69) is 45.3 Å². The fourth-order valence-corrected chi connectivity index (χ4v) is 3.73. The Morgan fingerprint density at radius 2 is 1.69 bits per heavy atom. The van der Waals surface area contributed by atoms with Gasteiger partial charge in [-0.1, -0.05) is 39.8 Å². The number of amides is 1. The minimum absolute atomic E-state index is 0. The van der Waals surface area contributed by atoms with Crippen molar-refractivity contribution < 1.29 is 19.4 Å². The Labute approximate surface area is 231 Å². The number of hydrogen-bond donors (Lipinski definition) is 4. The summed E-state index contributed by atoms with van der Waals surface area (Å²) in [6.45, 7) is 12.9. The Balaban J connectivity index is 0. The number of rotatable bonds is 18. The molecule has 0 radical (unpaired) electrons. The Hall–Kier alpha value is -1.09. The summed E-state index contributed by atoms with van der Waals surface area (Å²) < 4.78 is 10.9. The summed E-state index contributed by atoms with van der Waals surface area (Å²) in [5, 5.41) is 17.2. The lowest BCUT2D eigenvalue weighted by molar-refractivity contribution is 0.0922. The van der Waals surface area contributed by atoms with Gasteiger partial charge in [0.1, 0.15) is 5.75 Å². The van der Waals surface area contributed by atoms with E-state index in [0.717, 1.165) is 25.7 Å². The third-order valence-electron chi connectivity index (χ3n) is 6.97. The lowest BCUT2D eigenvalue weighted by atomic mass is 9.87. The molecule has 9 heteroatoms. The van der Waals surface area contributed by atoms with Crippen molar-refractivity contribution in [1.82, 2.24) is 10.6 Å². The molecule has 1 aromatic carbocycles. The molecule has 1 rings (SSSR count). The standard InChI is InChI=1S/C27H49N3O4.2ClH/c1-7-27(5,8-2)30-19-24(31)23(28)17-21(20(3)4)18-29-26(32)22-13-9-10-14-25(22)34-16-12-11-15-33-6;;/h9-10,13-14,20-21,23-24,30-31H,7-8,11-12,15-19,28H2,1-6H3,(H,29,32);2*1H/t21-,23+,24+;;/m1../s1. The third kappa shape index (κ3) is 13.5. The van der Waals surface area contributed by atoms with Gasteiger partial charge in [0.15, 0.2) is 0 Å². The summed E-state index contributed by atoms with van der Waals surface area (Å²) >= 11 is 0. The minimum atomic E-state index is -0.637. The van der Waals surface area contributed by atoms with Gasteiger partial charge in [-0.05, 0) is 63.0 Å². The highest BCUT2D eigenvalue weighted by atomic mass is 35.5.